The highest BCUT2D eigenvalue weighted by Gasteiger charge is 1.99. The van der Waals surface area contributed by atoms with Crippen LogP contribution in [0.2, 0.25) is 0 Å². The van der Waals surface area contributed by atoms with E-state index >= 15 is 0 Å². The van der Waals surface area contributed by atoms with Gasteiger partial charge in [-0.15, -0.1) is 0 Å². The Morgan fingerprint density at radius 1 is 0.913 bits per heavy atom. The van der Waals surface area contributed by atoms with Crippen LogP contribution in [-0.2, 0) is 28.5 Å². The summed E-state index contributed by atoms with van der Waals surface area (Å²) >= 11 is 1.13. The fourth-order valence-electron chi connectivity index (χ4n) is 1.31. The molecule has 23 heavy (non-hydrogen) atoms. The lowest BCUT2D eigenvalue weighted by Crippen LogP contribution is -2.29. The van der Waals surface area contributed by atoms with Crippen molar-refractivity contribution in [2.45, 2.75) is 13.3 Å². The number of carbonyl (C=O) groups excluding carboxylic acids is 2. The van der Waals surface area contributed by atoms with E-state index in [-0.39, 0.29) is 11.0 Å². The normalized spacial score (nSPS) is 10.7. The predicted octanol–water partition coefficient (Wildman–Crippen LogP) is -0.245. The minimum Gasteiger partial charge on any atom is -0.379 e. The van der Waals surface area contributed by atoms with Gasteiger partial charge in [0, 0.05) is 26.4 Å². The number of thioether (sulfide) groups is 1. The molecule has 0 aromatic carbocycles. The highest BCUT2D eigenvalue weighted by atomic mass is 32.2. The number of hydrogen-bond acceptors (Lipinski definition) is 8. The largest absolute Gasteiger partial charge is 0.379 e. The lowest BCUT2D eigenvalue weighted by molar-refractivity contribution is -0.122. The quantitative estimate of drug-likeness (QED) is 0.289. The lowest BCUT2D eigenvalue weighted by Gasteiger charge is -2.07. The number of carbonyl (C=O) groups is 2. The van der Waals surface area contributed by atoms with Gasteiger partial charge in [-0.25, -0.2) is 0 Å². The van der Waals surface area contributed by atoms with Gasteiger partial charge in [0.05, 0.1) is 52.2 Å². The summed E-state index contributed by atoms with van der Waals surface area (Å²) in [5.41, 5.74) is 5.27. The molecule has 0 heterocycles. The van der Waals surface area contributed by atoms with Gasteiger partial charge in [-0.2, -0.15) is 0 Å². The fourth-order valence-corrected chi connectivity index (χ4v) is 1.68. The standard InChI is InChI=1S/C14H28N2O6S/c1-13(17)23-12-22-11-10-21-9-8-20-7-6-19-5-2-14(18)16-4-3-15/h2-12,15H2,1H3,(H,16,18). The van der Waals surface area contributed by atoms with Crippen LogP contribution in [0.3, 0.4) is 0 Å². The van der Waals surface area contributed by atoms with Gasteiger partial charge in [-0.3, -0.25) is 9.59 Å². The molecule has 0 aliphatic carbocycles. The highest BCUT2D eigenvalue weighted by molar-refractivity contribution is 8.13. The smallest absolute Gasteiger partial charge is 0.222 e. The van der Waals surface area contributed by atoms with Gasteiger partial charge in [0.1, 0.15) is 0 Å². The highest BCUT2D eigenvalue weighted by Crippen LogP contribution is 2.00. The summed E-state index contributed by atoms with van der Waals surface area (Å²) in [6.07, 6.45) is 0.324. The van der Waals surface area contributed by atoms with Crippen LogP contribution >= 0.6 is 11.8 Å². The van der Waals surface area contributed by atoms with Crippen molar-refractivity contribution in [2.75, 3.05) is 65.3 Å². The van der Waals surface area contributed by atoms with Gasteiger partial charge in [0.2, 0.25) is 5.91 Å². The molecular weight excluding hydrogens is 324 g/mol. The molecule has 136 valence electrons. The zero-order valence-electron chi connectivity index (χ0n) is 13.7. The minimum atomic E-state index is -0.0614. The third-order valence-corrected chi connectivity index (χ3v) is 3.09. The van der Waals surface area contributed by atoms with E-state index in [9.17, 15) is 9.59 Å². The molecule has 9 heteroatoms. The van der Waals surface area contributed by atoms with E-state index in [2.05, 4.69) is 5.32 Å². The molecule has 0 aromatic heterocycles. The molecule has 1 amide bonds. The molecule has 0 aliphatic heterocycles. The van der Waals surface area contributed by atoms with Crippen molar-refractivity contribution in [3.63, 3.8) is 0 Å². The van der Waals surface area contributed by atoms with Gasteiger partial charge in [-0.05, 0) is 0 Å². The van der Waals surface area contributed by atoms with Crippen LogP contribution in [0.15, 0.2) is 0 Å². The first-order valence-electron chi connectivity index (χ1n) is 7.58. The van der Waals surface area contributed by atoms with E-state index < -0.39 is 0 Å². The summed E-state index contributed by atoms with van der Waals surface area (Å²) in [5, 5.41) is 2.70. The molecule has 0 aromatic rings. The zero-order valence-corrected chi connectivity index (χ0v) is 14.5. The second-order valence-electron chi connectivity index (χ2n) is 4.39. The van der Waals surface area contributed by atoms with Crippen molar-refractivity contribution in [3.05, 3.63) is 0 Å². The van der Waals surface area contributed by atoms with Crippen LogP contribution in [-0.4, -0.2) is 76.3 Å². The first-order chi connectivity index (χ1) is 11.2. The van der Waals surface area contributed by atoms with Crippen LogP contribution < -0.4 is 11.1 Å². The maximum atomic E-state index is 11.2. The molecule has 0 fully saturated rings. The molecule has 0 atom stereocenters. The molecule has 0 aliphatic rings. The van der Waals surface area contributed by atoms with Gasteiger partial charge in [0.15, 0.2) is 5.12 Å². The summed E-state index contributed by atoms with van der Waals surface area (Å²) in [5.74, 6) is 0.297. The Kier molecular flexibility index (Phi) is 17.1. The third-order valence-electron chi connectivity index (χ3n) is 2.40. The minimum absolute atomic E-state index is 0.0396. The molecule has 0 bridgehead atoms. The first kappa shape index (κ1) is 22.3. The van der Waals surface area contributed by atoms with Crippen LogP contribution in [0.1, 0.15) is 13.3 Å². The first-order valence-corrected chi connectivity index (χ1v) is 8.56. The topological polar surface area (TPSA) is 109 Å². The molecule has 0 unspecified atom stereocenters. The Morgan fingerprint density at radius 2 is 1.43 bits per heavy atom. The monoisotopic (exact) mass is 352 g/mol. The maximum Gasteiger partial charge on any atom is 0.222 e. The summed E-state index contributed by atoms with van der Waals surface area (Å²) in [7, 11) is 0. The number of ether oxygens (including phenoxy) is 4. The lowest BCUT2D eigenvalue weighted by atomic mass is 10.4. The van der Waals surface area contributed by atoms with E-state index in [1.165, 1.54) is 6.92 Å². The Balaban J connectivity index is 3.08. The van der Waals surface area contributed by atoms with E-state index in [1.807, 2.05) is 0 Å². The maximum absolute atomic E-state index is 11.2. The number of rotatable bonds is 16. The number of nitrogens with one attached hydrogen (secondary N) is 1. The fraction of sp³-hybridized carbons (Fsp3) is 0.857. The van der Waals surface area contributed by atoms with Gasteiger partial charge >= 0.3 is 0 Å². The number of nitrogens with two attached hydrogens (primary N) is 1. The Hall–Kier alpha value is -0.710. The second kappa shape index (κ2) is 17.6. The van der Waals surface area contributed by atoms with E-state index in [1.54, 1.807) is 0 Å². The van der Waals surface area contributed by atoms with Crippen LogP contribution in [0.25, 0.3) is 0 Å². The van der Waals surface area contributed by atoms with E-state index in [0.29, 0.717) is 71.7 Å². The van der Waals surface area contributed by atoms with Crippen molar-refractivity contribution in [3.8, 4) is 0 Å². The Bertz CT molecular complexity index is 307. The molecule has 0 rings (SSSR count). The number of hydrogen-bond donors (Lipinski definition) is 2. The molecule has 0 saturated heterocycles. The van der Waals surface area contributed by atoms with Crippen molar-refractivity contribution in [2.24, 2.45) is 5.73 Å². The average Bonchev–Trinajstić information content (AvgIpc) is 2.52. The summed E-state index contributed by atoms with van der Waals surface area (Å²) in [6, 6.07) is 0. The predicted molar refractivity (Wildman–Crippen MR) is 88.2 cm³/mol. The van der Waals surface area contributed by atoms with Crippen LogP contribution in [0, 0.1) is 0 Å². The third kappa shape index (κ3) is 19.2. The molecule has 0 saturated carbocycles. The summed E-state index contributed by atoms with van der Waals surface area (Å²) in [4.78, 5) is 21.8. The molecule has 8 nitrogen and oxygen atoms in total. The molecule has 0 radical (unpaired) electrons. The molecular formula is C14H28N2O6S. The SMILES string of the molecule is CC(=O)SCOCCOCCOCCOCCC(=O)NCCN. The average molecular weight is 352 g/mol. The van der Waals surface area contributed by atoms with Gasteiger partial charge in [0.25, 0.3) is 0 Å². The van der Waals surface area contributed by atoms with Gasteiger partial charge in [-0.1, -0.05) is 11.8 Å². The summed E-state index contributed by atoms with van der Waals surface area (Å²) in [6.45, 7) is 5.57. The van der Waals surface area contributed by atoms with Gasteiger partial charge < -0.3 is 30.0 Å². The van der Waals surface area contributed by atoms with E-state index in [4.69, 9.17) is 24.7 Å². The van der Waals surface area contributed by atoms with Crippen molar-refractivity contribution < 1.29 is 28.5 Å². The summed E-state index contributed by atoms with van der Waals surface area (Å²) < 4.78 is 21.0. The number of amides is 1. The van der Waals surface area contributed by atoms with Crippen LogP contribution in [0.4, 0.5) is 0 Å². The molecule has 3 N–H and O–H groups in total. The van der Waals surface area contributed by atoms with Crippen molar-refractivity contribution in [1.82, 2.24) is 5.32 Å². The van der Waals surface area contributed by atoms with Crippen molar-refractivity contribution >= 4 is 22.8 Å². The van der Waals surface area contributed by atoms with Crippen molar-refractivity contribution in [1.29, 1.82) is 0 Å². The Morgan fingerprint density at radius 3 is 1.96 bits per heavy atom. The molecule has 0 spiro atoms. The van der Waals surface area contributed by atoms with Crippen LogP contribution in [0.5, 0.6) is 0 Å². The zero-order chi connectivity index (χ0) is 17.2. The second-order valence-corrected chi connectivity index (χ2v) is 5.49. The Labute approximate surface area is 141 Å². The van der Waals surface area contributed by atoms with E-state index in [0.717, 1.165) is 11.8 Å².